The number of benzene rings is 1. The topological polar surface area (TPSA) is 89.8 Å². The Labute approximate surface area is 115 Å². The van der Waals surface area contributed by atoms with Crippen molar-refractivity contribution in [1.29, 1.82) is 0 Å². The van der Waals surface area contributed by atoms with Gasteiger partial charge < -0.3 is 5.32 Å². The van der Waals surface area contributed by atoms with Crippen molar-refractivity contribution < 1.29 is 12.8 Å². The lowest BCUT2D eigenvalue weighted by molar-refractivity contribution is 0.596. The van der Waals surface area contributed by atoms with E-state index >= 15 is 0 Å². The largest absolute Gasteiger partial charge is 0.379 e. The number of nitrogens with one attached hydrogen (secondary N) is 1. The van der Waals surface area contributed by atoms with Gasteiger partial charge in [-0.25, -0.2) is 17.5 Å². The molecule has 0 aliphatic carbocycles. The molecule has 0 radical (unpaired) electrons. The fourth-order valence-corrected chi connectivity index (χ4v) is 2.80. The van der Waals surface area contributed by atoms with Crippen LogP contribution in [0.2, 0.25) is 0 Å². The second kappa shape index (κ2) is 5.53. The maximum atomic E-state index is 13.7. The molecule has 20 heavy (non-hydrogen) atoms. The maximum absolute atomic E-state index is 13.7. The van der Waals surface area contributed by atoms with Gasteiger partial charge in [0.05, 0.1) is 17.1 Å². The summed E-state index contributed by atoms with van der Waals surface area (Å²) in [6, 6.07) is 3.90. The van der Waals surface area contributed by atoms with E-state index in [1.54, 1.807) is 6.92 Å². The van der Waals surface area contributed by atoms with Crippen molar-refractivity contribution in [3.63, 3.8) is 0 Å². The van der Waals surface area contributed by atoms with Crippen LogP contribution in [-0.4, -0.2) is 46.7 Å². The lowest BCUT2D eigenvalue weighted by Gasteiger charge is -2.15. The van der Waals surface area contributed by atoms with Crippen LogP contribution in [0.1, 0.15) is 6.92 Å². The van der Waals surface area contributed by atoms with E-state index in [4.69, 9.17) is 0 Å². The third-order valence-corrected chi connectivity index (χ3v) is 3.62. The fraction of sp³-hybridized carbons (Fsp3) is 0.364. The molecular weight excluding hydrogens is 285 g/mol. The summed E-state index contributed by atoms with van der Waals surface area (Å²) < 4.78 is 37.5. The van der Waals surface area contributed by atoms with Gasteiger partial charge in [0.15, 0.2) is 0 Å². The molecule has 1 heterocycles. The highest BCUT2D eigenvalue weighted by molar-refractivity contribution is 7.90. The summed E-state index contributed by atoms with van der Waals surface area (Å²) in [6.45, 7) is 1.67. The van der Waals surface area contributed by atoms with E-state index < -0.39 is 21.7 Å². The van der Waals surface area contributed by atoms with Gasteiger partial charge in [-0.05, 0) is 35.5 Å². The summed E-state index contributed by atoms with van der Waals surface area (Å²) in [5, 5.41) is 13.5. The third-order valence-electron chi connectivity index (χ3n) is 2.52. The minimum Gasteiger partial charge on any atom is -0.379 e. The van der Waals surface area contributed by atoms with Gasteiger partial charge in [-0.1, -0.05) is 0 Å². The van der Waals surface area contributed by atoms with Crippen molar-refractivity contribution in [3.05, 3.63) is 30.3 Å². The van der Waals surface area contributed by atoms with Gasteiger partial charge in [-0.3, -0.25) is 0 Å². The molecule has 2 aromatic rings. The van der Waals surface area contributed by atoms with E-state index in [9.17, 15) is 12.8 Å². The average molecular weight is 299 g/mol. The van der Waals surface area contributed by atoms with Crippen LogP contribution in [-0.2, 0) is 9.84 Å². The van der Waals surface area contributed by atoms with Crippen molar-refractivity contribution in [3.8, 4) is 5.69 Å². The number of rotatable bonds is 5. The summed E-state index contributed by atoms with van der Waals surface area (Å²) in [5.74, 6) is -0.552. The SMILES string of the molecule is CC(CS(C)(=O)=O)Nc1cc(-n2cnnn2)ccc1F. The number of nitrogens with zero attached hydrogens (tertiary/aromatic N) is 4. The molecule has 0 amide bonds. The predicted octanol–water partition coefficient (Wildman–Crippen LogP) is 0.646. The van der Waals surface area contributed by atoms with Gasteiger partial charge >= 0.3 is 0 Å². The zero-order valence-electron chi connectivity index (χ0n) is 11.0. The van der Waals surface area contributed by atoms with Crippen molar-refractivity contribution in [2.45, 2.75) is 13.0 Å². The van der Waals surface area contributed by atoms with E-state index in [1.165, 1.54) is 29.2 Å². The summed E-state index contributed by atoms with van der Waals surface area (Å²) in [5.41, 5.74) is 0.777. The Kier molecular flexibility index (Phi) is 3.98. The molecular formula is C11H14FN5O2S. The second-order valence-corrected chi connectivity index (χ2v) is 6.74. The van der Waals surface area contributed by atoms with Crippen LogP contribution < -0.4 is 5.32 Å². The van der Waals surface area contributed by atoms with Crippen LogP contribution in [0.4, 0.5) is 10.1 Å². The molecule has 1 aromatic heterocycles. The number of hydrogen-bond donors (Lipinski definition) is 1. The Morgan fingerprint density at radius 3 is 2.80 bits per heavy atom. The normalized spacial score (nSPS) is 13.2. The lowest BCUT2D eigenvalue weighted by Crippen LogP contribution is -2.25. The van der Waals surface area contributed by atoms with E-state index in [-0.39, 0.29) is 11.4 Å². The zero-order valence-corrected chi connectivity index (χ0v) is 11.8. The Balaban J connectivity index is 2.21. The van der Waals surface area contributed by atoms with Crippen LogP contribution in [0.15, 0.2) is 24.5 Å². The molecule has 0 saturated carbocycles. The quantitative estimate of drug-likeness (QED) is 0.871. The molecule has 1 unspecified atom stereocenters. The molecule has 0 aliphatic rings. The highest BCUT2D eigenvalue weighted by Crippen LogP contribution is 2.19. The summed E-state index contributed by atoms with van der Waals surface area (Å²) in [6.07, 6.45) is 2.52. The summed E-state index contributed by atoms with van der Waals surface area (Å²) >= 11 is 0. The van der Waals surface area contributed by atoms with Crippen LogP contribution in [0.3, 0.4) is 0 Å². The highest BCUT2D eigenvalue weighted by Gasteiger charge is 2.13. The van der Waals surface area contributed by atoms with Gasteiger partial charge in [-0.15, -0.1) is 5.10 Å². The number of tetrazole rings is 1. The van der Waals surface area contributed by atoms with Gasteiger partial charge in [0.25, 0.3) is 0 Å². The molecule has 0 bridgehead atoms. The van der Waals surface area contributed by atoms with Crippen LogP contribution in [0, 0.1) is 5.82 Å². The summed E-state index contributed by atoms with van der Waals surface area (Å²) in [7, 11) is -3.13. The third kappa shape index (κ3) is 3.73. The number of sulfone groups is 1. The monoisotopic (exact) mass is 299 g/mol. The molecule has 108 valence electrons. The molecule has 0 spiro atoms. The molecule has 0 saturated heterocycles. The average Bonchev–Trinajstić information content (AvgIpc) is 2.83. The first-order chi connectivity index (χ1) is 9.35. The molecule has 1 N–H and O–H groups in total. The van der Waals surface area contributed by atoms with E-state index in [2.05, 4.69) is 20.8 Å². The molecule has 2 rings (SSSR count). The van der Waals surface area contributed by atoms with Crippen molar-refractivity contribution in [1.82, 2.24) is 20.2 Å². The number of halogens is 1. The van der Waals surface area contributed by atoms with Gasteiger partial charge in [0.1, 0.15) is 22.0 Å². The fourth-order valence-electron chi connectivity index (χ4n) is 1.81. The first-order valence-electron chi connectivity index (χ1n) is 5.82. The van der Waals surface area contributed by atoms with Crippen LogP contribution in [0.25, 0.3) is 5.69 Å². The van der Waals surface area contributed by atoms with Gasteiger partial charge in [-0.2, -0.15) is 0 Å². The maximum Gasteiger partial charge on any atom is 0.149 e. The van der Waals surface area contributed by atoms with Crippen molar-refractivity contribution in [2.24, 2.45) is 0 Å². The van der Waals surface area contributed by atoms with Crippen molar-refractivity contribution in [2.75, 3.05) is 17.3 Å². The first-order valence-corrected chi connectivity index (χ1v) is 7.88. The number of anilines is 1. The first kappa shape index (κ1) is 14.4. The highest BCUT2D eigenvalue weighted by atomic mass is 32.2. The molecule has 1 atom stereocenters. The number of aromatic nitrogens is 4. The van der Waals surface area contributed by atoms with E-state index in [0.29, 0.717) is 5.69 Å². The minimum absolute atomic E-state index is 0.0818. The zero-order chi connectivity index (χ0) is 14.8. The molecule has 7 nitrogen and oxygen atoms in total. The van der Waals surface area contributed by atoms with E-state index in [0.717, 1.165) is 6.26 Å². The standard InChI is InChI=1S/C11H14FN5O2S/c1-8(6-20(2,18)19)14-11-5-9(3-4-10(11)12)17-7-13-15-16-17/h3-5,7-8,14H,6H2,1-2H3. The molecule has 0 aliphatic heterocycles. The van der Waals surface area contributed by atoms with Crippen LogP contribution >= 0.6 is 0 Å². The molecule has 0 fully saturated rings. The Morgan fingerprint density at radius 1 is 1.45 bits per heavy atom. The Hall–Kier alpha value is -2.03. The Morgan fingerprint density at radius 2 is 2.20 bits per heavy atom. The van der Waals surface area contributed by atoms with Crippen molar-refractivity contribution >= 4 is 15.5 Å². The summed E-state index contributed by atoms with van der Waals surface area (Å²) in [4.78, 5) is 0. The Bertz CT molecular complexity index is 687. The smallest absolute Gasteiger partial charge is 0.149 e. The number of hydrogen-bond acceptors (Lipinski definition) is 6. The molecule has 9 heteroatoms. The minimum atomic E-state index is -3.13. The van der Waals surface area contributed by atoms with E-state index in [1.807, 2.05) is 0 Å². The van der Waals surface area contributed by atoms with Gasteiger partial charge in [0.2, 0.25) is 0 Å². The van der Waals surface area contributed by atoms with Crippen LogP contribution in [0.5, 0.6) is 0 Å². The lowest BCUT2D eigenvalue weighted by atomic mass is 10.2. The van der Waals surface area contributed by atoms with Gasteiger partial charge in [0, 0.05) is 12.3 Å². The predicted molar refractivity (Wildman–Crippen MR) is 71.9 cm³/mol. The molecule has 1 aromatic carbocycles. The second-order valence-electron chi connectivity index (χ2n) is 4.56.